The third-order valence-electron chi connectivity index (χ3n) is 2.31. The molecule has 0 saturated heterocycles. The second kappa shape index (κ2) is 5.95. The van der Waals surface area contributed by atoms with E-state index >= 15 is 0 Å². The summed E-state index contributed by atoms with van der Waals surface area (Å²) in [6, 6.07) is 1.60. The summed E-state index contributed by atoms with van der Waals surface area (Å²) in [6.07, 6.45) is 1.10. The number of benzene rings is 1. The maximum Gasteiger partial charge on any atom is 0.325 e. The number of carbonyl (C=O) groups is 2. The second-order valence-electron chi connectivity index (χ2n) is 3.89. The van der Waals surface area contributed by atoms with Crippen LogP contribution < -0.4 is 5.32 Å². The third kappa shape index (κ3) is 3.60. The molecular formula is C11H7BrF2N4O3. The highest BCUT2D eigenvalue weighted by molar-refractivity contribution is 9.10. The van der Waals surface area contributed by atoms with Gasteiger partial charge in [-0.3, -0.25) is 9.59 Å². The van der Waals surface area contributed by atoms with Gasteiger partial charge in [-0.05, 0) is 22.0 Å². The Morgan fingerprint density at radius 2 is 2.10 bits per heavy atom. The number of rotatable bonds is 4. The average Bonchev–Trinajstić information content (AvgIpc) is 2.81. The van der Waals surface area contributed by atoms with Gasteiger partial charge in [0.25, 0.3) is 5.91 Å². The molecule has 1 heterocycles. The number of carboxylic acid groups (broad SMARTS) is 1. The smallest absolute Gasteiger partial charge is 0.325 e. The molecule has 2 N–H and O–H groups in total. The molecule has 0 bridgehead atoms. The van der Waals surface area contributed by atoms with Gasteiger partial charge in [-0.2, -0.15) is 0 Å². The largest absolute Gasteiger partial charge is 0.480 e. The number of halogens is 3. The molecule has 2 aromatic rings. The van der Waals surface area contributed by atoms with Crippen molar-refractivity contribution in [3.63, 3.8) is 0 Å². The molecule has 0 aliphatic rings. The summed E-state index contributed by atoms with van der Waals surface area (Å²) in [5.41, 5.74) is -0.457. The van der Waals surface area contributed by atoms with Crippen LogP contribution in [0.4, 0.5) is 14.5 Å². The molecule has 0 radical (unpaired) electrons. The number of carboxylic acids is 1. The number of amides is 1. The van der Waals surface area contributed by atoms with Crippen LogP contribution in [-0.2, 0) is 11.3 Å². The van der Waals surface area contributed by atoms with Crippen molar-refractivity contribution in [1.82, 2.24) is 15.0 Å². The van der Waals surface area contributed by atoms with Crippen molar-refractivity contribution >= 4 is 33.5 Å². The van der Waals surface area contributed by atoms with Crippen molar-refractivity contribution in [3.8, 4) is 0 Å². The summed E-state index contributed by atoms with van der Waals surface area (Å²) in [4.78, 5) is 22.3. The van der Waals surface area contributed by atoms with Gasteiger partial charge >= 0.3 is 5.97 Å². The van der Waals surface area contributed by atoms with Crippen LogP contribution in [0.25, 0.3) is 0 Å². The van der Waals surface area contributed by atoms with Gasteiger partial charge in [-0.15, -0.1) is 5.10 Å². The van der Waals surface area contributed by atoms with Gasteiger partial charge in [0.2, 0.25) is 0 Å². The highest BCUT2D eigenvalue weighted by Crippen LogP contribution is 2.27. The fourth-order valence-electron chi connectivity index (χ4n) is 1.46. The first-order chi connectivity index (χ1) is 9.86. The molecule has 0 aliphatic carbocycles. The molecule has 2 rings (SSSR count). The van der Waals surface area contributed by atoms with Gasteiger partial charge in [-0.25, -0.2) is 13.5 Å². The summed E-state index contributed by atoms with van der Waals surface area (Å²) in [5, 5.41) is 17.7. The number of aromatic nitrogens is 3. The van der Waals surface area contributed by atoms with Crippen LogP contribution in [0.5, 0.6) is 0 Å². The van der Waals surface area contributed by atoms with E-state index in [-0.39, 0.29) is 15.9 Å². The third-order valence-corrected chi connectivity index (χ3v) is 2.94. The zero-order chi connectivity index (χ0) is 15.6. The van der Waals surface area contributed by atoms with E-state index in [2.05, 4.69) is 31.6 Å². The van der Waals surface area contributed by atoms with Gasteiger partial charge in [0.1, 0.15) is 12.4 Å². The van der Waals surface area contributed by atoms with E-state index in [1.54, 1.807) is 0 Å². The summed E-state index contributed by atoms with van der Waals surface area (Å²) >= 11 is 2.92. The predicted molar refractivity (Wildman–Crippen MR) is 69.7 cm³/mol. The summed E-state index contributed by atoms with van der Waals surface area (Å²) in [6.45, 7) is -0.463. The van der Waals surface area contributed by atoms with Crippen LogP contribution >= 0.6 is 15.9 Å². The van der Waals surface area contributed by atoms with E-state index in [1.807, 2.05) is 0 Å². The normalized spacial score (nSPS) is 10.4. The Kier molecular flexibility index (Phi) is 4.26. The Balaban J connectivity index is 2.18. The number of nitrogens with zero attached hydrogens (tertiary/aromatic N) is 3. The van der Waals surface area contributed by atoms with E-state index < -0.39 is 30.1 Å². The molecule has 0 saturated carbocycles. The first-order valence-corrected chi connectivity index (χ1v) is 6.24. The molecule has 1 aromatic heterocycles. The van der Waals surface area contributed by atoms with Crippen LogP contribution in [0.15, 0.2) is 22.8 Å². The van der Waals surface area contributed by atoms with Crippen LogP contribution in [0, 0.1) is 11.6 Å². The molecule has 0 spiro atoms. The van der Waals surface area contributed by atoms with Gasteiger partial charge in [-0.1, -0.05) is 5.21 Å². The first-order valence-electron chi connectivity index (χ1n) is 5.44. The average molecular weight is 361 g/mol. The maximum atomic E-state index is 13.6. The number of carbonyl (C=O) groups excluding carboxylic acids is 1. The fourth-order valence-corrected chi connectivity index (χ4v) is 1.96. The lowest BCUT2D eigenvalue weighted by atomic mass is 10.3. The highest BCUT2D eigenvalue weighted by atomic mass is 79.9. The van der Waals surface area contributed by atoms with Crippen LogP contribution in [0.1, 0.15) is 10.5 Å². The van der Waals surface area contributed by atoms with Crippen molar-refractivity contribution < 1.29 is 23.5 Å². The molecule has 1 aromatic carbocycles. The van der Waals surface area contributed by atoms with Crippen molar-refractivity contribution in [2.75, 3.05) is 5.32 Å². The molecule has 21 heavy (non-hydrogen) atoms. The van der Waals surface area contributed by atoms with Crippen LogP contribution in [0.3, 0.4) is 0 Å². The van der Waals surface area contributed by atoms with Gasteiger partial charge in [0.05, 0.1) is 11.9 Å². The van der Waals surface area contributed by atoms with Gasteiger partial charge < -0.3 is 10.4 Å². The summed E-state index contributed by atoms with van der Waals surface area (Å²) in [5.74, 6) is -3.73. The monoisotopic (exact) mass is 360 g/mol. The number of hydrogen-bond acceptors (Lipinski definition) is 4. The molecule has 110 valence electrons. The lowest BCUT2D eigenvalue weighted by Gasteiger charge is -2.07. The molecule has 7 nitrogen and oxygen atoms in total. The van der Waals surface area contributed by atoms with Crippen molar-refractivity contribution in [1.29, 1.82) is 0 Å². The molecule has 10 heteroatoms. The quantitative estimate of drug-likeness (QED) is 0.863. The minimum Gasteiger partial charge on any atom is -0.480 e. The minimum absolute atomic E-state index is 0.0197. The van der Waals surface area contributed by atoms with E-state index in [9.17, 15) is 18.4 Å². The first kappa shape index (κ1) is 15.0. The second-order valence-corrected chi connectivity index (χ2v) is 4.75. The Morgan fingerprint density at radius 3 is 2.71 bits per heavy atom. The SMILES string of the molecule is O=C(O)Cn1cc(C(=O)Nc2c(F)cc(F)cc2Br)nn1. The van der Waals surface area contributed by atoms with Crippen molar-refractivity contribution in [2.24, 2.45) is 0 Å². The van der Waals surface area contributed by atoms with E-state index in [1.165, 1.54) is 0 Å². The predicted octanol–water partition coefficient (Wildman–Crippen LogP) is 1.66. The standard InChI is InChI=1S/C11H7BrF2N4O3/c12-6-1-5(13)2-7(14)10(6)15-11(21)8-3-18(17-16-8)4-9(19)20/h1-3H,4H2,(H,15,21)(H,19,20). The van der Waals surface area contributed by atoms with E-state index in [4.69, 9.17) is 5.11 Å². The van der Waals surface area contributed by atoms with Crippen molar-refractivity contribution in [2.45, 2.75) is 6.54 Å². The molecule has 1 amide bonds. The zero-order valence-corrected chi connectivity index (χ0v) is 11.8. The minimum atomic E-state index is -1.15. The molecule has 0 atom stereocenters. The molecule has 0 fully saturated rings. The molecular weight excluding hydrogens is 354 g/mol. The maximum absolute atomic E-state index is 13.6. The van der Waals surface area contributed by atoms with Crippen LogP contribution in [-0.4, -0.2) is 32.0 Å². The Hall–Kier alpha value is -2.36. The Labute approximate surface area is 124 Å². The topological polar surface area (TPSA) is 97.1 Å². The lowest BCUT2D eigenvalue weighted by molar-refractivity contribution is -0.137. The fraction of sp³-hybridized carbons (Fsp3) is 0.0909. The Morgan fingerprint density at radius 1 is 1.38 bits per heavy atom. The number of hydrogen-bond donors (Lipinski definition) is 2. The summed E-state index contributed by atoms with van der Waals surface area (Å²) < 4.78 is 27.4. The number of nitrogens with one attached hydrogen (secondary N) is 1. The molecule has 0 aliphatic heterocycles. The number of anilines is 1. The Bertz CT molecular complexity index is 696. The van der Waals surface area contributed by atoms with Crippen LogP contribution in [0.2, 0.25) is 0 Å². The summed E-state index contributed by atoms with van der Waals surface area (Å²) in [7, 11) is 0. The van der Waals surface area contributed by atoms with Gasteiger partial charge in [0.15, 0.2) is 11.5 Å². The van der Waals surface area contributed by atoms with E-state index in [0.717, 1.165) is 16.9 Å². The van der Waals surface area contributed by atoms with Gasteiger partial charge in [0, 0.05) is 10.5 Å². The highest BCUT2D eigenvalue weighted by Gasteiger charge is 2.17. The lowest BCUT2D eigenvalue weighted by Crippen LogP contribution is -2.14. The number of aliphatic carboxylic acids is 1. The van der Waals surface area contributed by atoms with E-state index in [0.29, 0.717) is 6.07 Å². The van der Waals surface area contributed by atoms with Crippen molar-refractivity contribution in [3.05, 3.63) is 40.1 Å². The molecule has 0 unspecified atom stereocenters. The zero-order valence-electron chi connectivity index (χ0n) is 10.2.